The van der Waals surface area contributed by atoms with E-state index in [9.17, 15) is 4.79 Å². The Hall–Kier alpha value is -0.580. The minimum atomic E-state index is -0.303. The van der Waals surface area contributed by atoms with Crippen LogP contribution < -0.4 is 5.48 Å². The largest absolute Gasteiger partial charge is 0.276 e. The van der Waals surface area contributed by atoms with E-state index in [1.54, 1.807) is 18.2 Å². The van der Waals surface area contributed by atoms with Crippen LogP contribution in [-0.4, -0.2) is 12.0 Å². The molecule has 0 radical (unpaired) electrons. The third-order valence-electron chi connectivity index (χ3n) is 2.79. The average molecular weight is 319 g/mol. The van der Waals surface area contributed by atoms with E-state index < -0.39 is 0 Å². The van der Waals surface area contributed by atoms with Crippen LogP contribution in [0.3, 0.4) is 0 Å². The fourth-order valence-corrected chi connectivity index (χ4v) is 2.43. The van der Waals surface area contributed by atoms with E-state index in [0.29, 0.717) is 10.6 Å². The number of hydrogen-bond donors (Lipinski definition) is 1. The summed E-state index contributed by atoms with van der Waals surface area (Å²) in [5.74, 6) is -0.303. The highest BCUT2D eigenvalue weighted by molar-refractivity contribution is 9.10. The van der Waals surface area contributed by atoms with Gasteiger partial charge in [0.05, 0.1) is 16.7 Å². The van der Waals surface area contributed by atoms with Crippen molar-refractivity contribution in [3.05, 3.63) is 33.3 Å². The Kier molecular flexibility index (Phi) is 4.42. The molecule has 0 aromatic heterocycles. The maximum atomic E-state index is 11.8. The molecule has 92 valence electrons. The number of nitrogens with one attached hydrogen (secondary N) is 1. The quantitative estimate of drug-likeness (QED) is 0.863. The lowest BCUT2D eigenvalue weighted by Crippen LogP contribution is -2.28. The molecule has 0 spiro atoms. The van der Waals surface area contributed by atoms with Gasteiger partial charge in [-0.2, -0.15) is 0 Å². The molecule has 0 aliphatic heterocycles. The van der Waals surface area contributed by atoms with E-state index in [0.717, 1.165) is 30.2 Å². The second-order valence-corrected chi connectivity index (χ2v) is 5.40. The number of benzene rings is 1. The molecule has 5 heteroatoms. The van der Waals surface area contributed by atoms with Gasteiger partial charge in [-0.25, -0.2) is 5.48 Å². The second-order valence-electron chi connectivity index (χ2n) is 4.08. The van der Waals surface area contributed by atoms with E-state index in [1.807, 2.05) is 0 Å². The molecule has 2 rings (SSSR count). The maximum Gasteiger partial charge on any atom is 0.276 e. The van der Waals surface area contributed by atoms with Gasteiger partial charge in [0.15, 0.2) is 0 Å². The fourth-order valence-electron chi connectivity index (χ4n) is 1.87. The van der Waals surface area contributed by atoms with Gasteiger partial charge < -0.3 is 0 Å². The SMILES string of the molecule is O=C(NOC1CCCC1)c1cc(Br)ccc1Cl. The molecule has 0 heterocycles. The standard InChI is InChI=1S/C12H13BrClNO2/c13-8-5-6-11(14)10(7-8)12(16)15-17-9-3-1-2-4-9/h5-7,9H,1-4H2,(H,15,16). The Balaban J connectivity index is 1.96. The zero-order valence-electron chi connectivity index (χ0n) is 9.21. The summed E-state index contributed by atoms with van der Waals surface area (Å²) in [4.78, 5) is 17.2. The van der Waals surface area contributed by atoms with Crippen molar-refractivity contribution < 1.29 is 9.63 Å². The first kappa shape index (κ1) is 12.9. The van der Waals surface area contributed by atoms with Gasteiger partial charge in [-0.3, -0.25) is 9.63 Å². The smallest absolute Gasteiger partial charge is 0.270 e. The molecule has 1 amide bonds. The molecule has 0 bridgehead atoms. The normalized spacial score (nSPS) is 16.1. The summed E-state index contributed by atoms with van der Waals surface area (Å²) >= 11 is 9.25. The van der Waals surface area contributed by atoms with Crippen LogP contribution in [0.1, 0.15) is 36.0 Å². The Labute approximate surface area is 114 Å². The molecule has 1 N–H and O–H groups in total. The highest BCUT2D eigenvalue weighted by Gasteiger charge is 2.18. The van der Waals surface area contributed by atoms with Crippen LogP contribution in [0.4, 0.5) is 0 Å². The summed E-state index contributed by atoms with van der Waals surface area (Å²) in [6, 6.07) is 5.14. The molecule has 1 fully saturated rings. The molecule has 17 heavy (non-hydrogen) atoms. The third-order valence-corrected chi connectivity index (χ3v) is 3.62. The van der Waals surface area contributed by atoms with Gasteiger partial charge in [0.25, 0.3) is 5.91 Å². The van der Waals surface area contributed by atoms with E-state index in [-0.39, 0.29) is 12.0 Å². The minimum absolute atomic E-state index is 0.143. The van der Waals surface area contributed by atoms with Crippen molar-refractivity contribution in [3.8, 4) is 0 Å². The van der Waals surface area contributed by atoms with Gasteiger partial charge in [-0.05, 0) is 31.0 Å². The molecule has 0 saturated heterocycles. The first-order chi connectivity index (χ1) is 8.16. The Morgan fingerprint density at radius 1 is 1.41 bits per heavy atom. The van der Waals surface area contributed by atoms with Crippen molar-refractivity contribution in [3.63, 3.8) is 0 Å². The number of carbonyl (C=O) groups is 1. The van der Waals surface area contributed by atoms with Crippen molar-refractivity contribution in [2.75, 3.05) is 0 Å². The van der Waals surface area contributed by atoms with E-state index in [4.69, 9.17) is 16.4 Å². The van der Waals surface area contributed by atoms with Crippen molar-refractivity contribution in [2.45, 2.75) is 31.8 Å². The second kappa shape index (κ2) is 5.85. The monoisotopic (exact) mass is 317 g/mol. The first-order valence-corrected chi connectivity index (χ1v) is 6.75. The first-order valence-electron chi connectivity index (χ1n) is 5.58. The van der Waals surface area contributed by atoms with E-state index >= 15 is 0 Å². The molecule has 1 aliphatic rings. The Morgan fingerprint density at radius 3 is 2.82 bits per heavy atom. The van der Waals surface area contributed by atoms with Crippen LogP contribution in [-0.2, 0) is 4.84 Å². The van der Waals surface area contributed by atoms with Crippen LogP contribution in [0.5, 0.6) is 0 Å². The zero-order valence-corrected chi connectivity index (χ0v) is 11.6. The molecule has 1 aromatic carbocycles. The number of amides is 1. The maximum absolute atomic E-state index is 11.8. The van der Waals surface area contributed by atoms with Crippen molar-refractivity contribution >= 4 is 33.4 Å². The third kappa shape index (κ3) is 3.44. The molecule has 1 aliphatic carbocycles. The van der Waals surface area contributed by atoms with Gasteiger partial charge in [0.1, 0.15) is 0 Å². The Morgan fingerprint density at radius 2 is 2.12 bits per heavy atom. The van der Waals surface area contributed by atoms with Crippen LogP contribution in [0.2, 0.25) is 5.02 Å². The lowest BCUT2D eigenvalue weighted by atomic mass is 10.2. The molecule has 0 atom stereocenters. The molecule has 1 aromatic rings. The van der Waals surface area contributed by atoms with Gasteiger partial charge >= 0.3 is 0 Å². The number of hydrogen-bond acceptors (Lipinski definition) is 2. The summed E-state index contributed by atoms with van der Waals surface area (Å²) in [5.41, 5.74) is 2.88. The van der Waals surface area contributed by atoms with Crippen LogP contribution in [0, 0.1) is 0 Å². The lowest BCUT2D eigenvalue weighted by Gasteiger charge is -2.12. The van der Waals surface area contributed by atoms with Crippen LogP contribution in [0.15, 0.2) is 22.7 Å². The number of rotatable bonds is 3. The molecular formula is C12H13BrClNO2. The lowest BCUT2D eigenvalue weighted by molar-refractivity contribution is -0.0124. The van der Waals surface area contributed by atoms with Crippen LogP contribution in [0.25, 0.3) is 0 Å². The summed E-state index contributed by atoms with van der Waals surface area (Å²) < 4.78 is 0.813. The summed E-state index contributed by atoms with van der Waals surface area (Å²) in [6.45, 7) is 0. The Bertz CT molecular complexity index is 419. The number of carbonyl (C=O) groups excluding carboxylic acids is 1. The highest BCUT2D eigenvalue weighted by Crippen LogP contribution is 2.22. The zero-order chi connectivity index (χ0) is 12.3. The number of hydroxylamine groups is 1. The van der Waals surface area contributed by atoms with Crippen molar-refractivity contribution in [1.29, 1.82) is 0 Å². The van der Waals surface area contributed by atoms with Crippen molar-refractivity contribution in [1.82, 2.24) is 5.48 Å². The molecule has 0 unspecified atom stereocenters. The van der Waals surface area contributed by atoms with Gasteiger partial charge in [-0.1, -0.05) is 40.4 Å². The van der Waals surface area contributed by atoms with Gasteiger partial charge in [0.2, 0.25) is 0 Å². The molecule has 1 saturated carbocycles. The van der Waals surface area contributed by atoms with E-state index in [2.05, 4.69) is 21.4 Å². The fraction of sp³-hybridized carbons (Fsp3) is 0.417. The van der Waals surface area contributed by atoms with Crippen LogP contribution >= 0.6 is 27.5 Å². The summed E-state index contributed by atoms with van der Waals surface area (Å²) in [5, 5.41) is 0.417. The minimum Gasteiger partial charge on any atom is -0.270 e. The molecule has 3 nitrogen and oxygen atoms in total. The summed E-state index contributed by atoms with van der Waals surface area (Å²) in [6.07, 6.45) is 4.49. The predicted molar refractivity (Wildman–Crippen MR) is 70.0 cm³/mol. The predicted octanol–water partition coefficient (Wildman–Crippen LogP) is 3.71. The van der Waals surface area contributed by atoms with Gasteiger partial charge in [0, 0.05) is 4.47 Å². The topological polar surface area (TPSA) is 38.3 Å². The average Bonchev–Trinajstić information content (AvgIpc) is 2.82. The summed E-state index contributed by atoms with van der Waals surface area (Å²) in [7, 11) is 0. The molecular weight excluding hydrogens is 305 g/mol. The van der Waals surface area contributed by atoms with Crippen molar-refractivity contribution in [2.24, 2.45) is 0 Å². The van der Waals surface area contributed by atoms with E-state index in [1.165, 1.54) is 0 Å². The highest BCUT2D eigenvalue weighted by atomic mass is 79.9. The van der Waals surface area contributed by atoms with Gasteiger partial charge in [-0.15, -0.1) is 0 Å². The number of halogens is 2.